The van der Waals surface area contributed by atoms with Gasteiger partial charge in [-0.15, -0.1) is 0 Å². The highest BCUT2D eigenvalue weighted by Crippen LogP contribution is 2.38. The SMILES string of the molecule is CC1(c2cnn3c2[nH]c2cc(F)cc(C(N)=O)c23)CCN(CCC(F)(F)F)C1. The first-order valence-corrected chi connectivity index (χ1v) is 8.86. The summed E-state index contributed by atoms with van der Waals surface area (Å²) < 4.78 is 52.9. The van der Waals surface area contributed by atoms with Crippen LogP contribution in [0.1, 0.15) is 35.7 Å². The Hall–Kier alpha value is -2.62. The molecule has 10 heteroatoms. The number of nitrogens with two attached hydrogens (primary N) is 1. The minimum absolute atomic E-state index is 0.0132. The molecule has 1 amide bonds. The number of rotatable bonds is 4. The summed E-state index contributed by atoms with van der Waals surface area (Å²) in [5.41, 5.74) is 7.14. The molecule has 2 aromatic heterocycles. The molecule has 1 aliphatic heterocycles. The van der Waals surface area contributed by atoms with E-state index in [1.807, 2.05) is 6.92 Å². The molecule has 3 N–H and O–H groups in total. The van der Waals surface area contributed by atoms with Crippen molar-refractivity contribution in [2.75, 3.05) is 19.6 Å². The van der Waals surface area contributed by atoms with Crippen molar-refractivity contribution in [3.05, 3.63) is 35.3 Å². The van der Waals surface area contributed by atoms with Crippen LogP contribution in [0.3, 0.4) is 0 Å². The zero-order valence-electron chi connectivity index (χ0n) is 15.1. The minimum Gasteiger partial charge on any atom is -0.366 e. The van der Waals surface area contributed by atoms with E-state index in [4.69, 9.17) is 5.73 Å². The minimum atomic E-state index is -4.18. The molecule has 1 aliphatic rings. The predicted octanol–water partition coefficient (Wildman–Crippen LogP) is 2.97. The van der Waals surface area contributed by atoms with E-state index < -0.39 is 29.7 Å². The molecule has 1 atom stereocenters. The van der Waals surface area contributed by atoms with Gasteiger partial charge in [-0.1, -0.05) is 6.92 Å². The third kappa shape index (κ3) is 3.11. The maximum atomic E-state index is 13.8. The van der Waals surface area contributed by atoms with Crippen molar-refractivity contribution in [1.82, 2.24) is 19.5 Å². The summed E-state index contributed by atoms with van der Waals surface area (Å²) in [6.45, 7) is 2.92. The number of benzene rings is 1. The lowest BCUT2D eigenvalue weighted by Gasteiger charge is -2.24. The zero-order valence-corrected chi connectivity index (χ0v) is 15.1. The largest absolute Gasteiger partial charge is 0.390 e. The second-order valence-corrected chi connectivity index (χ2v) is 7.61. The van der Waals surface area contributed by atoms with Crippen LogP contribution in [0.5, 0.6) is 0 Å². The van der Waals surface area contributed by atoms with Gasteiger partial charge >= 0.3 is 6.18 Å². The summed E-state index contributed by atoms with van der Waals surface area (Å²) in [6.07, 6.45) is -2.72. The molecule has 0 bridgehead atoms. The van der Waals surface area contributed by atoms with Gasteiger partial charge in [0.05, 0.1) is 23.7 Å². The number of alkyl halides is 3. The van der Waals surface area contributed by atoms with Crippen LogP contribution in [0.15, 0.2) is 18.3 Å². The first-order valence-electron chi connectivity index (χ1n) is 8.86. The van der Waals surface area contributed by atoms with Gasteiger partial charge in [0.25, 0.3) is 5.91 Å². The second kappa shape index (κ2) is 6.20. The summed E-state index contributed by atoms with van der Waals surface area (Å²) in [7, 11) is 0. The van der Waals surface area contributed by atoms with Gasteiger partial charge in [0, 0.05) is 24.1 Å². The van der Waals surface area contributed by atoms with Crippen molar-refractivity contribution in [2.24, 2.45) is 5.73 Å². The smallest absolute Gasteiger partial charge is 0.366 e. The number of hydrogen-bond donors (Lipinski definition) is 2. The number of H-pyrrole nitrogens is 1. The quantitative estimate of drug-likeness (QED) is 0.665. The maximum absolute atomic E-state index is 13.8. The average Bonchev–Trinajstić information content (AvgIpc) is 3.24. The van der Waals surface area contributed by atoms with E-state index in [1.165, 1.54) is 10.6 Å². The van der Waals surface area contributed by atoms with Crippen LogP contribution >= 0.6 is 0 Å². The van der Waals surface area contributed by atoms with E-state index in [1.54, 1.807) is 11.1 Å². The van der Waals surface area contributed by atoms with E-state index in [-0.39, 0.29) is 12.1 Å². The summed E-state index contributed by atoms with van der Waals surface area (Å²) >= 11 is 0. The molecule has 1 aromatic carbocycles. The lowest BCUT2D eigenvalue weighted by Crippen LogP contribution is -2.30. The van der Waals surface area contributed by atoms with E-state index in [9.17, 15) is 22.4 Å². The van der Waals surface area contributed by atoms with Crippen molar-refractivity contribution < 1.29 is 22.4 Å². The van der Waals surface area contributed by atoms with Crippen LogP contribution in [-0.4, -0.2) is 51.2 Å². The number of nitrogens with one attached hydrogen (secondary N) is 1. The van der Waals surface area contributed by atoms with E-state index in [0.29, 0.717) is 36.2 Å². The third-order valence-electron chi connectivity index (χ3n) is 5.49. The molecule has 4 rings (SSSR count). The third-order valence-corrected chi connectivity index (χ3v) is 5.49. The van der Waals surface area contributed by atoms with Crippen LogP contribution in [0.25, 0.3) is 16.7 Å². The molecule has 3 aromatic rings. The molecule has 1 saturated heterocycles. The first kappa shape index (κ1) is 18.7. The topological polar surface area (TPSA) is 79.4 Å². The van der Waals surface area contributed by atoms with Crippen LogP contribution < -0.4 is 5.73 Å². The molecular formula is C18H19F4N5O. The molecule has 0 aliphatic carbocycles. The summed E-state index contributed by atoms with van der Waals surface area (Å²) in [6, 6.07) is 2.32. The number of halogens is 4. The normalized spacial score (nSPS) is 21.2. The number of aromatic nitrogens is 3. The Morgan fingerprint density at radius 3 is 2.82 bits per heavy atom. The Morgan fingerprint density at radius 2 is 2.14 bits per heavy atom. The molecule has 3 heterocycles. The standard InChI is InChI=1S/C18H19F4N5O/c1-17(2-4-26(9-17)5-3-18(20,21)22)12-8-24-27-14-11(15(23)28)6-10(19)7-13(14)25-16(12)27/h6-8,25H,2-5,9H2,1H3,(H2,23,28). The van der Waals surface area contributed by atoms with Crippen molar-refractivity contribution in [3.63, 3.8) is 0 Å². The molecule has 1 fully saturated rings. The van der Waals surface area contributed by atoms with Gasteiger partial charge in [0.15, 0.2) is 0 Å². The number of primary amides is 1. The van der Waals surface area contributed by atoms with Gasteiger partial charge in [0.2, 0.25) is 0 Å². The van der Waals surface area contributed by atoms with E-state index in [0.717, 1.165) is 11.6 Å². The van der Waals surface area contributed by atoms with Crippen molar-refractivity contribution >= 4 is 22.6 Å². The lowest BCUT2D eigenvalue weighted by atomic mass is 9.83. The van der Waals surface area contributed by atoms with E-state index in [2.05, 4.69) is 10.1 Å². The Labute approximate surface area is 157 Å². The molecule has 0 spiro atoms. The van der Waals surface area contributed by atoms with Gasteiger partial charge in [-0.2, -0.15) is 18.3 Å². The van der Waals surface area contributed by atoms with Gasteiger partial charge < -0.3 is 15.6 Å². The van der Waals surface area contributed by atoms with E-state index >= 15 is 0 Å². The molecule has 6 nitrogen and oxygen atoms in total. The predicted molar refractivity (Wildman–Crippen MR) is 94.6 cm³/mol. The number of aromatic amines is 1. The fourth-order valence-electron chi connectivity index (χ4n) is 4.07. The maximum Gasteiger partial charge on any atom is 0.390 e. The van der Waals surface area contributed by atoms with Gasteiger partial charge in [-0.3, -0.25) is 4.79 Å². The highest BCUT2D eigenvalue weighted by molar-refractivity contribution is 6.05. The molecule has 0 radical (unpaired) electrons. The lowest BCUT2D eigenvalue weighted by molar-refractivity contribution is -0.137. The Kier molecular flexibility index (Phi) is 4.14. The highest BCUT2D eigenvalue weighted by atomic mass is 19.4. The summed E-state index contributed by atoms with van der Waals surface area (Å²) in [5.74, 6) is -1.37. The van der Waals surface area contributed by atoms with Gasteiger partial charge in [0.1, 0.15) is 17.0 Å². The molecular weight excluding hydrogens is 378 g/mol. The molecule has 150 valence electrons. The molecule has 0 saturated carbocycles. The fourth-order valence-corrected chi connectivity index (χ4v) is 4.07. The highest BCUT2D eigenvalue weighted by Gasteiger charge is 2.39. The number of likely N-dealkylation sites (tertiary alicyclic amines) is 1. The Morgan fingerprint density at radius 1 is 1.39 bits per heavy atom. The van der Waals surface area contributed by atoms with Gasteiger partial charge in [-0.25, -0.2) is 8.91 Å². The fraction of sp³-hybridized carbons (Fsp3) is 0.444. The van der Waals surface area contributed by atoms with Gasteiger partial charge in [-0.05, 0) is 25.1 Å². The average molecular weight is 397 g/mol. The van der Waals surface area contributed by atoms with Crippen LogP contribution in [0.2, 0.25) is 0 Å². The Balaban J connectivity index is 1.72. The van der Waals surface area contributed by atoms with Crippen LogP contribution in [0.4, 0.5) is 17.6 Å². The first-order chi connectivity index (χ1) is 13.1. The second-order valence-electron chi connectivity index (χ2n) is 7.61. The number of fused-ring (bicyclic) bond motifs is 3. The molecule has 28 heavy (non-hydrogen) atoms. The van der Waals surface area contributed by atoms with Crippen molar-refractivity contribution in [1.29, 1.82) is 0 Å². The number of imidazole rings is 1. The van der Waals surface area contributed by atoms with Crippen molar-refractivity contribution in [2.45, 2.75) is 31.4 Å². The number of carbonyl (C=O) groups is 1. The monoisotopic (exact) mass is 397 g/mol. The van der Waals surface area contributed by atoms with Crippen LogP contribution in [-0.2, 0) is 5.41 Å². The number of amides is 1. The Bertz CT molecular complexity index is 1070. The van der Waals surface area contributed by atoms with Crippen molar-refractivity contribution in [3.8, 4) is 0 Å². The number of hydrogen-bond acceptors (Lipinski definition) is 3. The zero-order chi connectivity index (χ0) is 20.3. The van der Waals surface area contributed by atoms with Crippen LogP contribution in [0, 0.1) is 5.82 Å². The summed E-state index contributed by atoms with van der Waals surface area (Å²) in [4.78, 5) is 16.6. The summed E-state index contributed by atoms with van der Waals surface area (Å²) in [5, 5.41) is 4.34. The molecule has 1 unspecified atom stereocenters. The number of carbonyl (C=O) groups excluding carboxylic acids is 1. The number of nitrogens with zero attached hydrogens (tertiary/aromatic N) is 3.